The molecule has 0 aliphatic carbocycles. The number of nitrogens with one attached hydrogen (secondary N) is 1. The van der Waals surface area contributed by atoms with Crippen molar-refractivity contribution in [1.82, 2.24) is 10.2 Å². The monoisotopic (exact) mass is 541 g/mol. The van der Waals surface area contributed by atoms with E-state index in [1.54, 1.807) is 36.4 Å². The average molecular weight is 543 g/mol. The maximum absolute atomic E-state index is 13.3. The number of anilines is 1. The highest BCUT2D eigenvalue weighted by Gasteiger charge is 2.28. The lowest BCUT2D eigenvalue weighted by molar-refractivity contribution is -0.141. The van der Waals surface area contributed by atoms with Gasteiger partial charge in [-0.05, 0) is 62.1 Å². The van der Waals surface area contributed by atoms with Crippen molar-refractivity contribution in [2.24, 2.45) is 0 Å². The van der Waals surface area contributed by atoms with Crippen molar-refractivity contribution in [3.63, 3.8) is 0 Å². The van der Waals surface area contributed by atoms with E-state index in [9.17, 15) is 18.0 Å². The van der Waals surface area contributed by atoms with Gasteiger partial charge < -0.3 is 10.2 Å². The second-order valence-electron chi connectivity index (χ2n) is 8.37. The van der Waals surface area contributed by atoms with Crippen LogP contribution in [-0.4, -0.2) is 50.5 Å². The van der Waals surface area contributed by atoms with Crippen molar-refractivity contribution in [2.75, 3.05) is 23.7 Å². The van der Waals surface area contributed by atoms with Gasteiger partial charge in [0.2, 0.25) is 21.8 Å². The molecule has 1 unspecified atom stereocenters. The molecule has 0 saturated carbocycles. The van der Waals surface area contributed by atoms with Crippen LogP contribution in [0.25, 0.3) is 0 Å². The van der Waals surface area contributed by atoms with E-state index in [1.165, 1.54) is 9.21 Å². The van der Waals surface area contributed by atoms with Crippen molar-refractivity contribution in [2.45, 2.75) is 52.6 Å². The van der Waals surface area contributed by atoms with Crippen LogP contribution in [-0.2, 0) is 26.2 Å². The Hall–Kier alpha value is -2.29. The number of rotatable bonds is 12. The number of likely N-dealkylation sites (N-methyl/N-ethyl adjacent to an activating group) is 1. The average Bonchev–Trinajstić information content (AvgIpc) is 2.78. The molecule has 192 valence electrons. The van der Waals surface area contributed by atoms with Crippen LogP contribution in [0.3, 0.4) is 0 Å². The zero-order valence-electron chi connectivity index (χ0n) is 20.6. The van der Waals surface area contributed by atoms with E-state index >= 15 is 0 Å². The van der Waals surface area contributed by atoms with Crippen LogP contribution in [0.1, 0.15) is 44.2 Å². The van der Waals surface area contributed by atoms with Gasteiger partial charge in [-0.15, -0.1) is 0 Å². The predicted molar refractivity (Wildman–Crippen MR) is 142 cm³/mol. The predicted octanol–water partition coefficient (Wildman–Crippen LogP) is 4.79. The Kier molecular flexibility index (Phi) is 10.9. The van der Waals surface area contributed by atoms with Crippen LogP contribution in [0.2, 0.25) is 10.0 Å². The maximum atomic E-state index is 13.3. The van der Waals surface area contributed by atoms with Crippen LogP contribution < -0.4 is 9.62 Å². The highest BCUT2D eigenvalue weighted by molar-refractivity contribution is 7.92. The molecule has 0 spiro atoms. The number of carbonyl (C=O) groups is 2. The quantitative estimate of drug-likeness (QED) is 0.418. The summed E-state index contributed by atoms with van der Waals surface area (Å²) in [6.45, 7) is 6.33. The highest BCUT2D eigenvalue weighted by Crippen LogP contribution is 2.25. The van der Waals surface area contributed by atoms with Gasteiger partial charge in [-0.1, -0.05) is 48.3 Å². The summed E-state index contributed by atoms with van der Waals surface area (Å²) in [7, 11) is -3.53. The fraction of sp³-hybridized carbons (Fsp3) is 0.440. The summed E-state index contributed by atoms with van der Waals surface area (Å²) in [5, 5.41) is 3.56. The Morgan fingerprint density at radius 1 is 1.06 bits per heavy atom. The second-order valence-corrected chi connectivity index (χ2v) is 11.1. The van der Waals surface area contributed by atoms with Gasteiger partial charge in [0.25, 0.3) is 0 Å². The van der Waals surface area contributed by atoms with Crippen molar-refractivity contribution in [3.8, 4) is 0 Å². The van der Waals surface area contributed by atoms with Gasteiger partial charge in [0.1, 0.15) is 6.04 Å². The molecule has 2 aromatic rings. The van der Waals surface area contributed by atoms with Crippen LogP contribution in [0.4, 0.5) is 5.69 Å². The van der Waals surface area contributed by atoms with E-state index in [2.05, 4.69) is 5.32 Å². The summed E-state index contributed by atoms with van der Waals surface area (Å²) >= 11 is 12.2. The van der Waals surface area contributed by atoms with Gasteiger partial charge >= 0.3 is 0 Å². The number of halogens is 2. The molecule has 0 fully saturated rings. The number of sulfonamides is 1. The first-order valence-corrected chi connectivity index (χ1v) is 14.1. The molecule has 0 heterocycles. The third-order valence-electron chi connectivity index (χ3n) is 5.52. The normalized spacial score (nSPS) is 12.2. The second kappa shape index (κ2) is 13.1. The Balaban J connectivity index is 2.22. The summed E-state index contributed by atoms with van der Waals surface area (Å²) in [5.74, 6) is -0.479. The number of benzene rings is 2. The Bertz CT molecular complexity index is 1140. The minimum Gasteiger partial charge on any atom is -0.355 e. The number of hydrogen-bond acceptors (Lipinski definition) is 4. The van der Waals surface area contributed by atoms with Gasteiger partial charge in [0, 0.05) is 26.1 Å². The molecule has 0 aliphatic heterocycles. The fourth-order valence-corrected chi connectivity index (χ4v) is 5.11. The molecule has 0 radical (unpaired) electrons. The Labute approximate surface area is 218 Å². The number of aryl methyl sites for hydroxylation is 1. The molecule has 35 heavy (non-hydrogen) atoms. The molecule has 2 rings (SSSR count). The summed E-state index contributed by atoms with van der Waals surface area (Å²) < 4.78 is 26.2. The molecule has 1 N–H and O–H groups in total. The lowest BCUT2D eigenvalue weighted by Crippen LogP contribution is -2.49. The van der Waals surface area contributed by atoms with Gasteiger partial charge in [-0.25, -0.2) is 8.42 Å². The largest absolute Gasteiger partial charge is 0.355 e. The minimum absolute atomic E-state index is 0.0784. The first-order chi connectivity index (χ1) is 16.5. The zero-order chi connectivity index (χ0) is 26.2. The Morgan fingerprint density at radius 3 is 2.34 bits per heavy atom. The topological polar surface area (TPSA) is 86.8 Å². The van der Waals surface area contributed by atoms with Gasteiger partial charge in [0.15, 0.2) is 0 Å². The molecule has 7 nitrogen and oxygen atoms in total. The van der Waals surface area contributed by atoms with Crippen molar-refractivity contribution in [1.29, 1.82) is 0 Å². The number of nitrogens with zero attached hydrogens (tertiary/aromatic N) is 2. The van der Waals surface area contributed by atoms with Gasteiger partial charge in [-0.2, -0.15) is 0 Å². The standard InChI is InChI=1S/C25H33Cl2N3O4S/c1-5-23(25(32)28-6-2)29(17-19-12-13-21(26)22(27)16-19)24(31)11-8-14-30(35(4,33)34)20-10-7-9-18(3)15-20/h7,9-10,12-13,15-16,23H,5-6,8,11,14,17H2,1-4H3,(H,28,32). The fourth-order valence-electron chi connectivity index (χ4n) is 3.83. The van der Waals surface area contributed by atoms with E-state index < -0.39 is 16.1 Å². The summed E-state index contributed by atoms with van der Waals surface area (Å²) in [4.78, 5) is 27.6. The maximum Gasteiger partial charge on any atom is 0.242 e. The molecule has 2 amide bonds. The van der Waals surface area contributed by atoms with Gasteiger partial charge in [0.05, 0.1) is 22.0 Å². The molecule has 0 aliphatic rings. The molecular formula is C25H33Cl2N3O4S. The number of carbonyl (C=O) groups excluding carboxylic acids is 2. The molecular weight excluding hydrogens is 509 g/mol. The molecule has 10 heteroatoms. The molecule has 0 bridgehead atoms. The van der Waals surface area contributed by atoms with Crippen LogP contribution in [0.15, 0.2) is 42.5 Å². The van der Waals surface area contributed by atoms with E-state index in [-0.39, 0.29) is 31.3 Å². The molecule has 1 atom stereocenters. The number of hydrogen-bond donors (Lipinski definition) is 1. The van der Waals surface area contributed by atoms with Crippen LogP contribution in [0, 0.1) is 6.92 Å². The lowest BCUT2D eigenvalue weighted by atomic mass is 10.1. The van der Waals surface area contributed by atoms with Crippen LogP contribution >= 0.6 is 23.2 Å². The van der Waals surface area contributed by atoms with E-state index in [1.807, 2.05) is 26.8 Å². The summed E-state index contributed by atoms with van der Waals surface area (Å²) in [6, 6.07) is 11.6. The number of amides is 2. The minimum atomic E-state index is -3.53. The first kappa shape index (κ1) is 28.9. The zero-order valence-corrected chi connectivity index (χ0v) is 22.9. The van der Waals surface area contributed by atoms with E-state index in [0.29, 0.717) is 35.1 Å². The van der Waals surface area contributed by atoms with E-state index in [4.69, 9.17) is 23.2 Å². The lowest BCUT2D eigenvalue weighted by Gasteiger charge is -2.31. The first-order valence-electron chi connectivity index (χ1n) is 11.5. The third-order valence-corrected chi connectivity index (χ3v) is 7.45. The Morgan fingerprint density at radius 2 is 1.77 bits per heavy atom. The van der Waals surface area contributed by atoms with Crippen molar-refractivity contribution < 1.29 is 18.0 Å². The molecule has 0 aromatic heterocycles. The highest BCUT2D eigenvalue weighted by atomic mass is 35.5. The van der Waals surface area contributed by atoms with Crippen molar-refractivity contribution in [3.05, 3.63) is 63.6 Å². The van der Waals surface area contributed by atoms with Crippen LogP contribution in [0.5, 0.6) is 0 Å². The summed E-state index contributed by atoms with van der Waals surface area (Å²) in [5.41, 5.74) is 2.24. The van der Waals surface area contributed by atoms with Gasteiger partial charge in [-0.3, -0.25) is 13.9 Å². The smallest absolute Gasteiger partial charge is 0.242 e. The SMILES string of the molecule is CCNC(=O)C(CC)N(Cc1ccc(Cl)c(Cl)c1)C(=O)CCCN(c1cccc(C)c1)S(C)(=O)=O. The van der Waals surface area contributed by atoms with E-state index in [0.717, 1.165) is 17.4 Å². The summed E-state index contributed by atoms with van der Waals surface area (Å²) in [6.07, 6.45) is 1.95. The third kappa shape index (κ3) is 8.40. The molecule has 0 saturated heterocycles. The van der Waals surface area contributed by atoms with Crippen molar-refractivity contribution >= 4 is 50.7 Å². The molecule has 2 aromatic carbocycles.